The molecule has 1 unspecified atom stereocenters. The topological polar surface area (TPSA) is 75.3 Å². The number of hydrogen-bond acceptors (Lipinski definition) is 5. The van der Waals surface area contributed by atoms with Crippen LogP contribution in [0.3, 0.4) is 0 Å². The van der Waals surface area contributed by atoms with E-state index in [1.165, 1.54) is 6.92 Å². The maximum absolute atomic E-state index is 12.7. The molecular weight excluding hydrogens is 382 g/mol. The van der Waals surface area contributed by atoms with Crippen molar-refractivity contribution in [1.82, 2.24) is 14.3 Å². The Morgan fingerprint density at radius 1 is 1.27 bits per heavy atom. The Labute approximate surface area is 175 Å². The fourth-order valence-electron chi connectivity index (χ4n) is 4.08. The SMILES string of the molecule is COCCOc1cccc2c3n(nc12)CC(C(C)(C)C)n1cc(C(C)=O)c(=O)cc1-3. The lowest BCUT2D eigenvalue weighted by molar-refractivity contribution is 0.101. The number of Topliss-reactive ketones (excluding diaryl/α,β-unsaturated/α-hetero) is 1. The molecule has 1 aliphatic heterocycles. The minimum atomic E-state index is -0.267. The molecule has 0 radical (unpaired) electrons. The van der Waals surface area contributed by atoms with Crippen molar-refractivity contribution in [2.75, 3.05) is 20.3 Å². The van der Waals surface area contributed by atoms with E-state index in [9.17, 15) is 9.59 Å². The number of hydrogen-bond donors (Lipinski definition) is 0. The average molecular weight is 409 g/mol. The largest absolute Gasteiger partial charge is 0.489 e. The summed E-state index contributed by atoms with van der Waals surface area (Å²) in [5.74, 6) is 0.466. The number of ether oxygens (including phenoxy) is 2. The molecule has 4 rings (SSSR count). The third-order valence-electron chi connectivity index (χ3n) is 5.66. The third kappa shape index (κ3) is 3.33. The maximum Gasteiger partial charge on any atom is 0.193 e. The standard InChI is InChI=1S/C23H27N3O4/c1-14(27)16-12-25-17(11-18(16)28)22-15-7-6-8-19(30-10-9-29-5)21(15)24-26(22)13-20(25)23(2,3)4/h6-8,11-12,20H,9-10,13H2,1-5H3. The van der Waals surface area contributed by atoms with Crippen molar-refractivity contribution in [2.24, 2.45) is 5.41 Å². The molecule has 7 heteroatoms. The minimum absolute atomic E-state index is 0.0332. The summed E-state index contributed by atoms with van der Waals surface area (Å²) < 4.78 is 15.0. The van der Waals surface area contributed by atoms with Crippen LogP contribution >= 0.6 is 0 Å². The van der Waals surface area contributed by atoms with Gasteiger partial charge in [0, 0.05) is 24.8 Å². The van der Waals surface area contributed by atoms with E-state index in [2.05, 4.69) is 25.3 Å². The Bertz CT molecular complexity index is 1180. The smallest absolute Gasteiger partial charge is 0.193 e. The molecule has 1 aliphatic rings. The summed E-state index contributed by atoms with van der Waals surface area (Å²) in [7, 11) is 1.63. The molecule has 7 nitrogen and oxygen atoms in total. The Morgan fingerprint density at radius 3 is 2.70 bits per heavy atom. The van der Waals surface area contributed by atoms with E-state index in [1.54, 1.807) is 19.4 Å². The van der Waals surface area contributed by atoms with Gasteiger partial charge in [0.2, 0.25) is 0 Å². The first kappa shape index (κ1) is 20.3. The predicted molar refractivity (Wildman–Crippen MR) is 115 cm³/mol. The van der Waals surface area contributed by atoms with Gasteiger partial charge >= 0.3 is 0 Å². The molecule has 0 saturated heterocycles. The monoisotopic (exact) mass is 409 g/mol. The van der Waals surface area contributed by atoms with Crippen molar-refractivity contribution in [2.45, 2.75) is 40.3 Å². The van der Waals surface area contributed by atoms with Gasteiger partial charge < -0.3 is 14.0 Å². The lowest BCUT2D eigenvalue weighted by Gasteiger charge is -2.38. The summed E-state index contributed by atoms with van der Waals surface area (Å²) in [6.45, 7) is 9.45. The molecule has 30 heavy (non-hydrogen) atoms. The summed E-state index contributed by atoms with van der Waals surface area (Å²) in [6, 6.07) is 7.41. The van der Waals surface area contributed by atoms with Gasteiger partial charge in [-0.1, -0.05) is 32.9 Å². The van der Waals surface area contributed by atoms with Gasteiger partial charge in [-0.25, -0.2) is 0 Å². The van der Waals surface area contributed by atoms with Crippen molar-refractivity contribution in [1.29, 1.82) is 0 Å². The highest BCUT2D eigenvalue weighted by molar-refractivity contribution is 5.97. The maximum atomic E-state index is 12.7. The average Bonchev–Trinajstić information content (AvgIpc) is 3.06. The highest BCUT2D eigenvalue weighted by atomic mass is 16.5. The molecule has 158 valence electrons. The van der Waals surface area contributed by atoms with E-state index in [4.69, 9.17) is 14.6 Å². The van der Waals surface area contributed by atoms with Crippen molar-refractivity contribution in [3.63, 3.8) is 0 Å². The molecule has 3 heterocycles. The fraction of sp³-hybridized carbons (Fsp3) is 0.435. The van der Waals surface area contributed by atoms with Crippen LogP contribution in [0.4, 0.5) is 0 Å². The van der Waals surface area contributed by atoms with E-state index < -0.39 is 0 Å². The molecular formula is C23H27N3O4. The highest BCUT2D eigenvalue weighted by Crippen LogP contribution is 2.42. The van der Waals surface area contributed by atoms with Crippen LogP contribution in [0.2, 0.25) is 0 Å². The molecule has 0 fully saturated rings. The van der Waals surface area contributed by atoms with Crippen LogP contribution in [-0.4, -0.2) is 40.5 Å². The lowest BCUT2D eigenvalue weighted by Crippen LogP contribution is -2.35. The molecule has 3 aromatic rings. The van der Waals surface area contributed by atoms with Crippen LogP contribution in [0.15, 0.2) is 35.3 Å². The molecule has 2 aromatic heterocycles. The Morgan fingerprint density at radius 2 is 2.03 bits per heavy atom. The van der Waals surface area contributed by atoms with Gasteiger partial charge in [-0.05, 0) is 18.4 Å². The quantitative estimate of drug-likeness (QED) is 0.475. The number of pyridine rings is 1. The normalized spacial score (nSPS) is 15.7. The minimum Gasteiger partial charge on any atom is -0.489 e. The third-order valence-corrected chi connectivity index (χ3v) is 5.66. The highest BCUT2D eigenvalue weighted by Gasteiger charge is 2.35. The number of carbonyl (C=O) groups is 1. The molecule has 0 aliphatic carbocycles. The number of fused-ring (bicyclic) bond motifs is 5. The molecule has 0 N–H and O–H groups in total. The zero-order valence-electron chi connectivity index (χ0n) is 18.1. The van der Waals surface area contributed by atoms with E-state index in [1.807, 2.05) is 22.9 Å². The van der Waals surface area contributed by atoms with Crippen LogP contribution in [0.25, 0.3) is 22.3 Å². The van der Waals surface area contributed by atoms with Crippen molar-refractivity contribution in [3.05, 3.63) is 46.2 Å². The van der Waals surface area contributed by atoms with E-state index in [0.717, 1.165) is 22.3 Å². The first-order valence-electron chi connectivity index (χ1n) is 10.1. The van der Waals surface area contributed by atoms with Crippen molar-refractivity contribution >= 4 is 16.7 Å². The summed E-state index contributed by atoms with van der Waals surface area (Å²) in [4.78, 5) is 24.7. The number of ketones is 1. The number of rotatable bonds is 5. The fourth-order valence-corrected chi connectivity index (χ4v) is 4.08. The number of carbonyl (C=O) groups excluding carboxylic acids is 1. The number of methoxy groups -OCH3 is 1. The van der Waals surface area contributed by atoms with Crippen molar-refractivity contribution in [3.8, 4) is 17.1 Å². The van der Waals surface area contributed by atoms with Gasteiger partial charge in [0.1, 0.15) is 17.9 Å². The molecule has 0 amide bonds. The second-order valence-corrected chi connectivity index (χ2v) is 8.81. The summed E-state index contributed by atoms with van der Waals surface area (Å²) in [5, 5.41) is 5.77. The Hall–Kier alpha value is -2.93. The van der Waals surface area contributed by atoms with E-state index in [0.29, 0.717) is 25.5 Å². The van der Waals surface area contributed by atoms with Gasteiger partial charge in [0.15, 0.2) is 11.2 Å². The number of benzene rings is 1. The van der Waals surface area contributed by atoms with Crippen molar-refractivity contribution < 1.29 is 14.3 Å². The molecule has 0 saturated carbocycles. The zero-order valence-corrected chi connectivity index (χ0v) is 18.1. The zero-order chi connectivity index (χ0) is 21.6. The van der Waals surface area contributed by atoms with Crippen LogP contribution < -0.4 is 10.2 Å². The van der Waals surface area contributed by atoms with Gasteiger partial charge in [0.05, 0.1) is 36.1 Å². The summed E-state index contributed by atoms with van der Waals surface area (Å²) in [6.07, 6.45) is 1.72. The molecule has 0 bridgehead atoms. The lowest BCUT2D eigenvalue weighted by atomic mass is 9.84. The molecule has 1 atom stereocenters. The first-order chi connectivity index (χ1) is 14.2. The first-order valence-corrected chi connectivity index (χ1v) is 10.1. The summed E-state index contributed by atoms with van der Waals surface area (Å²) >= 11 is 0. The van der Waals surface area contributed by atoms with E-state index in [-0.39, 0.29) is 28.2 Å². The van der Waals surface area contributed by atoms with Gasteiger partial charge in [-0.15, -0.1) is 0 Å². The second-order valence-electron chi connectivity index (χ2n) is 8.81. The van der Waals surface area contributed by atoms with Crippen LogP contribution in [0.1, 0.15) is 44.1 Å². The number of nitrogens with zero attached hydrogens (tertiary/aromatic N) is 3. The van der Waals surface area contributed by atoms with Gasteiger partial charge in [0.25, 0.3) is 0 Å². The Kier molecular flexibility index (Phi) is 5.02. The number of aromatic nitrogens is 3. The van der Waals surface area contributed by atoms with Gasteiger partial charge in [-0.3, -0.25) is 14.3 Å². The van der Waals surface area contributed by atoms with Crippen LogP contribution in [-0.2, 0) is 11.3 Å². The van der Waals surface area contributed by atoms with Gasteiger partial charge in [-0.2, -0.15) is 5.10 Å². The molecule has 0 spiro atoms. The predicted octanol–water partition coefficient (Wildman–Crippen LogP) is 3.69. The van der Waals surface area contributed by atoms with Crippen LogP contribution in [0.5, 0.6) is 5.75 Å². The molecule has 1 aromatic carbocycles. The Balaban J connectivity index is 1.96. The van der Waals surface area contributed by atoms with Crippen LogP contribution in [0, 0.1) is 5.41 Å². The summed E-state index contributed by atoms with van der Waals surface area (Å²) in [5.41, 5.74) is 2.24. The second kappa shape index (κ2) is 7.40. The van der Waals surface area contributed by atoms with E-state index >= 15 is 0 Å².